The molecule has 4 N–H and O–H groups in total. The Morgan fingerprint density at radius 2 is 1.79 bits per heavy atom. The Bertz CT molecular complexity index is 993. The van der Waals surface area contributed by atoms with E-state index < -0.39 is 37.1 Å². The first-order valence-corrected chi connectivity index (χ1v) is 11.7. The summed E-state index contributed by atoms with van der Waals surface area (Å²) in [6, 6.07) is 12.9. The van der Waals surface area contributed by atoms with E-state index in [9.17, 15) is 25.2 Å². The first kappa shape index (κ1) is 24.9. The molecule has 0 saturated carbocycles. The van der Waals surface area contributed by atoms with Gasteiger partial charge in [0.05, 0.1) is 13.2 Å². The smallest absolute Gasteiger partial charge is 0.219 e. The van der Waals surface area contributed by atoms with Crippen LogP contribution in [0.3, 0.4) is 0 Å². The molecule has 0 radical (unpaired) electrons. The molecule has 2 aromatic rings. The van der Waals surface area contributed by atoms with Gasteiger partial charge in [0.2, 0.25) is 5.91 Å². The third-order valence-corrected chi connectivity index (χ3v) is 6.87. The normalized spacial score (nSPS) is 27.4. The number of ether oxygens (including phenoxy) is 2. The number of amides is 1. The summed E-state index contributed by atoms with van der Waals surface area (Å²) in [6.07, 6.45) is -5.54. The molecule has 4 rings (SSSR count). The Labute approximate surface area is 203 Å². The fourth-order valence-corrected chi connectivity index (χ4v) is 4.54. The maximum atomic E-state index is 11.3. The number of rotatable bonds is 7. The SMILES string of the molecule is CC(=O)N1CC(COc2ccc(Cc3cc(C4O[C@H](CO)[C@@H](O)C(O)[C@H]4O)ccc3Cl)cc2)C1. The van der Waals surface area contributed by atoms with Gasteiger partial charge in [-0.15, -0.1) is 0 Å². The summed E-state index contributed by atoms with van der Waals surface area (Å²) in [5.74, 6) is 1.20. The molecule has 2 unspecified atom stereocenters. The molecule has 2 saturated heterocycles. The molecule has 1 amide bonds. The maximum absolute atomic E-state index is 11.3. The van der Waals surface area contributed by atoms with E-state index in [0.29, 0.717) is 29.5 Å². The Morgan fingerprint density at radius 1 is 1.09 bits per heavy atom. The first-order chi connectivity index (χ1) is 16.3. The standard InChI is InChI=1S/C25H30ClNO7/c1-14(29)27-10-16(11-27)13-33-19-5-2-15(3-6-19)8-18-9-17(4-7-20(18)26)25-24(32)23(31)22(30)21(12-28)34-25/h2-7,9,16,21-25,28,30-32H,8,10-13H2,1H3/t21-,22-,23?,24-,25?/m1/s1. The van der Waals surface area contributed by atoms with Crippen molar-refractivity contribution in [1.29, 1.82) is 0 Å². The van der Waals surface area contributed by atoms with Crippen LogP contribution < -0.4 is 4.74 Å². The van der Waals surface area contributed by atoms with Crippen molar-refractivity contribution in [2.24, 2.45) is 5.92 Å². The summed E-state index contributed by atoms with van der Waals surface area (Å²) >= 11 is 6.42. The van der Waals surface area contributed by atoms with Crippen molar-refractivity contribution in [2.75, 3.05) is 26.3 Å². The summed E-state index contributed by atoms with van der Waals surface area (Å²) in [5.41, 5.74) is 2.41. The summed E-state index contributed by atoms with van der Waals surface area (Å²) in [7, 11) is 0. The zero-order chi connectivity index (χ0) is 24.4. The number of nitrogens with zero attached hydrogens (tertiary/aromatic N) is 1. The topological polar surface area (TPSA) is 120 Å². The van der Waals surface area contributed by atoms with Crippen LogP contribution in [0.1, 0.15) is 29.7 Å². The van der Waals surface area contributed by atoms with Crippen LogP contribution in [0.25, 0.3) is 0 Å². The lowest BCUT2D eigenvalue weighted by atomic mass is 9.90. The molecular weight excluding hydrogens is 462 g/mol. The van der Waals surface area contributed by atoms with E-state index in [0.717, 1.165) is 30.0 Å². The molecule has 8 nitrogen and oxygen atoms in total. The van der Waals surface area contributed by atoms with Crippen molar-refractivity contribution >= 4 is 17.5 Å². The Balaban J connectivity index is 1.39. The molecule has 2 fully saturated rings. The average Bonchev–Trinajstić information content (AvgIpc) is 2.79. The lowest BCUT2D eigenvalue weighted by Gasteiger charge is -2.40. The van der Waals surface area contributed by atoms with Crippen molar-refractivity contribution in [2.45, 2.75) is 43.9 Å². The monoisotopic (exact) mass is 491 g/mol. The molecule has 2 heterocycles. The van der Waals surface area contributed by atoms with Gasteiger partial charge in [-0.25, -0.2) is 0 Å². The lowest BCUT2D eigenvalue weighted by Crippen LogP contribution is -2.55. The number of hydrogen-bond acceptors (Lipinski definition) is 7. The summed E-state index contributed by atoms with van der Waals surface area (Å²) < 4.78 is 11.5. The van der Waals surface area contributed by atoms with Gasteiger partial charge >= 0.3 is 0 Å². The number of carbonyl (C=O) groups is 1. The molecule has 5 atom stereocenters. The number of hydrogen-bond donors (Lipinski definition) is 4. The highest BCUT2D eigenvalue weighted by Crippen LogP contribution is 2.34. The van der Waals surface area contributed by atoms with E-state index >= 15 is 0 Å². The Hall–Kier alpha value is -2.20. The van der Waals surface area contributed by atoms with Crippen molar-refractivity contribution in [3.63, 3.8) is 0 Å². The van der Waals surface area contributed by atoms with Crippen LogP contribution in [0.15, 0.2) is 42.5 Å². The highest BCUT2D eigenvalue weighted by Gasteiger charge is 2.44. The van der Waals surface area contributed by atoms with Crippen LogP contribution >= 0.6 is 11.6 Å². The number of aliphatic hydroxyl groups excluding tert-OH is 4. The second-order valence-electron chi connectivity index (χ2n) is 9.02. The Morgan fingerprint density at radius 3 is 2.44 bits per heavy atom. The van der Waals surface area contributed by atoms with Gasteiger partial charge in [0.1, 0.15) is 36.3 Å². The van der Waals surface area contributed by atoms with Crippen molar-refractivity contribution in [3.8, 4) is 5.75 Å². The number of benzene rings is 2. The molecule has 9 heteroatoms. The molecule has 0 bridgehead atoms. The zero-order valence-corrected chi connectivity index (χ0v) is 19.6. The van der Waals surface area contributed by atoms with Crippen LogP contribution in [0.5, 0.6) is 5.75 Å². The van der Waals surface area contributed by atoms with E-state index in [1.165, 1.54) is 0 Å². The highest BCUT2D eigenvalue weighted by molar-refractivity contribution is 6.31. The van der Waals surface area contributed by atoms with Gasteiger partial charge in [0.15, 0.2) is 0 Å². The minimum Gasteiger partial charge on any atom is -0.493 e. The molecule has 34 heavy (non-hydrogen) atoms. The summed E-state index contributed by atoms with van der Waals surface area (Å²) in [4.78, 5) is 13.1. The highest BCUT2D eigenvalue weighted by atomic mass is 35.5. The maximum Gasteiger partial charge on any atom is 0.219 e. The molecule has 2 aromatic carbocycles. The minimum atomic E-state index is -1.44. The van der Waals surface area contributed by atoms with Gasteiger partial charge in [-0.2, -0.15) is 0 Å². The second-order valence-corrected chi connectivity index (χ2v) is 9.43. The van der Waals surface area contributed by atoms with Crippen LogP contribution in [-0.4, -0.2) is 82.0 Å². The van der Waals surface area contributed by atoms with Gasteiger partial charge in [-0.05, 0) is 41.3 Å². The molecule has 2 aliphatic heterocycles. The van der Waals surface area contributed by atoms with Crippen LogP contribution in [0, 0.1) is 5.92 Å². The molecule has 0 aliphatic carbocycles. The van der Waals surface area contributed by atoms with Crippen LogP contribution in [-0.2, 0) is 16.0 Å². The van der Waals surface area contributed by atoms with Crippen molar-refractivity contribution in [1.82, 2.24) is 4.90 Å². The molecule has 0 spiro atoms. The van der Waals surface area contributed by atoms with Gasteiger partial charge < -0.3 is 34.8 Å². The minimum absolute atomic E-state index is 0.0925. The van der Waals surface area contributed by atoms with Gasteiger partial charge in [-0.1, -0.05) is 35.9 Å². The number of halogens is 1. The van der Waals surface area contributed by atoms with Gasteiger partial charge in [-0.3, -0.25) is 4.79 Å². The van der Waals surface area contributed by atoms with E-state index in [4.69, 9.17) is 21.1 Å². The average molecular weight is 492 g/mol. The zero-order valence-electron chi connectivity index (χ0n) is 18.9. The largest absolute Gasteiger partial charge is 0.493 e. The third kappa shape index (κ3) is 5.38. The fourth-order valence-electron chi connectivity index (χ4n) is 4.35. The number of carbonyl (C=O) groups excluding carboxylic acids is 1. The number of likely N-dealkylation sites (tertiary alicyclic amines) is 1. The van der Waals surface area contributed by atoms with Gasteiger partial charge in [0.25, 0.3) is 0 Å². The van der Waals surface area contributed by atoms with E-state index in [1.807, 2.05) is 24.3 Å². The summed E-state index contributed by atoms with van der Waals surface area (Å²) in [5, 5.41) is 40.5. The predicted molar refractivity (Wildman–Crippen MR) is 125 cm³/mol. The third-order valence-electron chi connectivity index (χ3n) is 6.50. The van der Waals surface area contributed by atoms with Crippen molar-refractivity contribution in [3.05, 3.63) is 64.2 Å². The van der Waals surface area contributed by atoms with E-state index in [1.54, 1.807) is 30.0 Å². The predicted octanol–water partition coefficient (Wildman–Crippen LogP) is 1.30. The van der Waals surface area contributed by atoms with Crippen LogP contribution in [0.2, 0.25) is 5.02 Å². The Kier molecular flexibility index (Phi) is 7.77. The van der Waals surface area contributed by atoms with E-state index in [-0.39, 0.29) is 5.91 Å². The molecule has 184 valence electrons. The quantitative estimate of drug-likeness (QED) is 0.461. The van der Waals surface area contributed by atoms with E-state index in [2.05, 4.69) is 0 Å². The molecular formula is C25H30ClNO7. The van der Waals surface area contributed by atoms with Crippen molar-refractivity contribution < 1.29 is 34.7 Å². The number of aliphatic hydroxyl groups is 4. The van der Waals surface area contributed by atoms with Crippen LogP contribution in [0.4, 0.5) is 0 Å². The van der Waals surface area contributed by atoms with Gasteiger partial charge in [0, 0.05) is 31.0 Å². The lowest BCUT2D eigenvalue weighted by molar-refractivity contribution is -0.231. The fraction of sp³-hybridized carbons (Fsp3) is 0.480. The molecule has 2 aliphatic rings. The first-order valence-electron chi connectivity index (χ1n) is 11.3. The molecule has 0 aromatic heterocycles. The second kappa shape index (κ2) is 10.6. The summed E-state index contributed by atoms with van der Waals surface area (Å²) in [6.45, 7) is 3.12.